The molecule has 1 unspecified atom stereocenters. The summed E-state index contributed by atoms with van der Waals surface area (Å²) in [7, 11) is 0. The number of ketones is 1. The van der Waals surface area contributed by atoms with Gasteiger partial charge < -0.3 is 10.2 Å². The number of amides is 2. The van der Waals surface area contributed by atoms with Crippen LogP contribution in [0.25, 0.3) is 10.9 Å². The first-order valence-electron chi connectivity index (χ1n) is 13.4. The maximum Gasteiger partial charge on any atom is 0.331 e. The Morgan fingerprint density at radius 2 is 1.90 bits per heavy atom. The summed E-state index contributed by atoms with van der Waals surface area (Å²) in [6, 6.07) is 11.3. The van der Waals surface area contributed by atoms with Crippen molar-refractivity contribution in [1.82, 2.24) is 14.0 Å². The molecule has 2 aliphatic rings. The van der Waals surface area contributed by atoms with Crippen LogP contribution in [0.5, 0.6) is 0 Å². The zero-order valence-electron chi connectivity index (χ0n) is 21.8. The van der Waals surface area contributed by atoms with Gasteiger partial charge >= 0.3 is 11.7 Å². The Hall–Kier alpha value is -3.90. The molecule has 2 amide bonds. The van der Waals surface area contributed by atoms with Crippen molar-refractivity contribution in [2.24, 2.45) is 5.92 Å². The normalized spacial score (nSPS) is 16.8. The second-order valence-corrected chi connectivity index (χ2v) is 10.7. The molecule has 2 aromatic carbocycles. The van der Waals surface area contributed by atoms with E-state index in [1.165, 1.54) is 16.7 Å². The van der Waals surface area contributed by atoms with E-state index in [1.807, 2.05) is 13.0 Å². The largest absolute Gasteiger partial charge is 0.331 e. The lowest BCUT2D eigenvalue weighted by molar-refractivity contribution is 0.0970. The Morgan fingerprint density at radius 1 is 1.10 bits per heavy atom. The molecule has 9 nitrogen and oxygen atoms in total. The number of benzene rings is 2. The highest BCUT2D eigenvalue weighted by atomic mass is 35.5. The number of nitrogens with zero attached hydrogens (tertiary/aromatic N) is 4. The van der Waals surface area contributed by atoms with Crippen molar-refractivity contribution in [3.63, 3.8) is 0 Å². The van der Waals surface area contributed by atoms with E-state index in [1.54, 1.807) is 33.7 Å². The van der Waals surface area contributed by atoms with Crippen molar-refractivity contribution in [3.05, 3.63) is 73.4 Å². The Bertz CT molecular complexity index is 1610. The highest BCUT2D eigenvalue weighted by molar-refractivity contribution is 6.32. The van der Waals surface area contributed by atoms with Gasteiger partial charge in [0, 0.05) is 43.3 Å². The van der Waals surface area contributed by atoms with Crippen LogP contribution >= 0.6 is 11.6 Å². The van der Waals surface area contributed by atoms with E-state index in [9.17, 15) is 19.2 Å². The van der Waals surface area contributed by atoms with Gasteiger partial charge in [0.25, 0.3) is 5.56 Å². The standard InChI is InChI=1S/C29H30ClN5O4/c1-2-33-25-11-9-21(15-23(25)27(37)35(29(33)39)17-18-5-6-18)32-28(38)34-13-3-4-22(34)10-12-26(36)19-7-8-20(16-31)24(30)14-19/h7-9,11,14-15,18,22H,2-6,10,12-13,17H2,1H3,(H,32,38). The molecule has 2 heterocycles. The predicted octanol–water partition coefficient (Wildman–Crippen LogP) is 4.78. The number of nitriles is 1. The van der Waals surface area contributed by atoms with Crippen molar-refractivity contribution in [1.29, 1.82) is 5.26 Å². The lowest BCUT2D eigenvalue weighted by Gasteiger charge is -2.25. The third-order valence-electron chi connectivity index (χ3n) is 7.68. The molecule has 1 saturated heterocycles. The molecule has 3 aromatic rings. The minimum atomic E-state index is -0.330. The van der Waals surface area contributed by atoms with Crippen molar-refractivity contribution >= 4 is 40.0 Å². The molecule has 202 valence electrons. The van der Waals surface area contributed by atoms with E-state index in [-0.39, 0.29) is 40.5 Å². The van der Waals surface area contributed by atoms with Crippen LogP contribution < -0.4 is 16.6 Å². The number of aromatic nitrogens is 2. The van der Waals surface area contributed by atoms with Crippen LogP contribution in [0.15, 0.2) is 46.0 Å². The molecule has 1 aromatic heterocycles. The average molecular weight is 548 g/mol. The number of halogens is 1. The molecule has 0 spiro atoms. The average Bonchev–Trinajstić information content (AvgIpc) is 3.63. The van der Waals surface area contributed by atoms with Crippen molar-refractivity contribution < 1.29 is 9.59 Å². The van der Waals surface area contributed by atoms with Crippen LogP contribution in [0.4, 0.5) is 10.5 Å². The molecule has 0 bridgehead atoms. The van der Waals surface area contributed by atoms with E-state index in [0.717, 1.165) is 25.7 Å². The molecule has 0 radical (unpaired) electrons. The fourth-order valence-electron chi connectivity index (χ4n) is 5.35. The SMILES string of the molecule is CCn1c(=O)n(CC2CC2)c(=O)c2cc(NC(=O)N3CCCC3CCC(=O)c3ccc(C#N)c(Cl)c3)ccc21. The fraction of sp³-hybridized carbons (Fsp3) is 0.414. The smallest absolute Gasteiger partial charge is 0.322 e. The third-order valence-corrected chi connectivity index (χ3v) is 8.00. The summed E-state index contributed by atoms with van der Waals surface area (Å²) in [6.45, 7) is 3.31. The fourth-order valence-corrected chi connectivity index (χ4v) is 5.57. The first kappa shape index (κ1) is 26.7. The van der Waals surface area contributed by atoms with Gasteiger partial charge in [-0.3, -0.25) is 18.7 Å². The first-order valence-corrected chi connectivity index (χ1v) is 13.8. The Labute approximate surface area is 230 Å². The number of nitrogens with one attached hydrogen (secondary N) is 1. The van der Waals surface area contributed by atoms with Crippen LogP contribution in [0.3, 0.4) is 0 Å². The molecule has 1 N–H and O–H groups in total. The van der Waals surface area contributed by atoms with E-state index < -0.39 is 0 Å². The van der Waals surface area contributed by atoms with E-state index in [0.29, 0.717) is 59.7 Å². The quantitative estimate of drug-likeness (QED) is 0.407. The summed E-state index contributed by atoms with van der Waals surface area (Å²) in [5.74, 6) is 0.279. The van der Waals surface area contributed by atoms with Crippen molar-refractivity contribution in [3.8, 4) is 6.07 Å². The van der Waals surface area contributed by atoms with Crippen LogP contribution in [0.1, 0.15) is 61.4 Å². The van der Waals surface area contributed by atoms with E-state index in [4.69, 9.17) is 16.9 Å². The van der Waals surface area contributed by atoms with Gasteiger partial charge in [0.05, 0.1) is 21.5 Å². The van der Waals surface area contributed by atoms with Crippen LogP contribution in [0, 0.1) is 17.2 Å². The van der Waals surface area contributed by atoms with Crippen LogP contribution in [-0.2, 0) is 13.1 Å². The number of urea groups is 1. The number of hydrogen-bond donors (Lipinski definition) is 1. The Balaban J connectivity index is 1.30. The maximum absolute atomic E-state index is 13.2. The molecule has 1 aliphatic heterocycles. The number of aryl methyl sites for hydroxylation is 1. The van der Waals surface area contributed by atoms with Gasteiger partial charge in [-0.1, -0.05) is 11.6 Å². The van der Waals surface area contributed by atoms with Crippen LogP contribution in [0.2, 0.25) is 5.02 Å². The maximum atomic E-state index is 13.2. The monoisotopic (exact) mass is 547 g/mol. The number of anilines is 1. The summed E-state index contributed by atoms with van der Waals surface area (Å²) in [6.07, 6.45) is 4.44. The predicted molar refractivity (Wildman–Crippen MR) is 149 cm³/mol. The summed E-state index contributed by atoms with van der Waals surface area (Å²) in [4.78, 5) is 53.8. The zero-order chi connectivity index (χ0) is 27.7. The molecule has 2 fully saturated rings. The Morgan fingerprint density at radius 3 is 2.59 bits per heavy atom. The summed E-state index contributed by atoms with van der Waals surface area (Å²) < 4.78 is 2.92. The van der Waals surface area contributed by atoms with E-state index in [2.05, 4.69) is 5.32 Å². The number of carbonyl (C=O) groups is 2. The minimum Gasteiger partial charge on any atom is -0.322 e. The van der Waals surface area contributed by atoms with Gasteiger partial charge in [-0.2, -0.15) is 5.26 Å². The molecule has 1 saturated carbocycles. The first-order chi connectivity index (χ1) is 18.8. The highest BCUT2D eigenvalue weighted by Gasteiger charge is 2.30. The molecule has 1 aliphatic carbocycles. The number of Topliss-reactive ketones (excluding diaryl/α,β-unsaturated/α-hetero) is 1. The lowest BCUT2D eigenvalue weighted by atomic mass is 10.0. The minimum absolute atomic E-state index is 0.0902. The summed E-state index contributed by atoms with van der Waals surface area (Å²) >= 11 is 6.07. The van der Waals surface area contributed by atoms with E-state index >= 15 is 0 Å². The number of likely N-dealkylation sites (tertiary alicyclic amines) is 1. The topological polar surface area (TPSA) is 117 Å². The van der Waals surface area contributed by atoms with Gasteiger partial charge in [-0.15, -0.1) is 0 Å². The second kappa shape index (κ2) is 11.1. The lowest BCUT2D eigenvalue weighted by Crippen LogP contribution is -2.40. The number of rotatable bonds is 8. The Kier molecular flexibility index (Phi) is 7.58. The zero-order valence-corrected chi connectivity index (χ0v) is 22.5. The molecular weight excluding hydrogens is 518 g/mol. The van der Waals surface area contributed by atoms with Gasteiger partial charge in [-0.05, 0) is 81.3 Å². The summed E-state index contributed by atoms with van der Waals surface area (Å²) in [5.41, 5.74) is 1.18. The highest BCUT2D eigenvalue weighted by Crippen LogP contribution is 2.30. The van der Waals surface area contributed by atoms with Crippen molar-refractivity contribution in [2.45, 2.75) is 64.6 Å². The van der Waals surface area contributed by atoms with Crippen LogP contribution in [-0.4, -0.2) is 38.4 Å². The van der Waals surface area contributed by atoms with Gasteiger partial charge in [0.2, 0.25) is 0 Å². The molecular formula is C29H30ClN5O4. The number of hydrogen-bond acceptors (Lipinski definition) is 5. The molecule has 1 atom stereocenters. The number of carbonyl (C=O) groups excluding carboxylic acids is 2. The summed E-state index contributed by atoms with van der Waals surface area (Å²) in [5, 5.41) is 12.6. The third kappa shape index (κ3) is 5.48. The number of fused-ring (bicyclic) bond motifs is 1. The van der Waals surface area contributed by atoms with Gasteiger partial charge in [0.1, 0.15) is 6.07 Å². The molecule has 39 heavy (non-hydrogen) atoms. The van der Waals surface area contributed by atoms with Gasteiger partial charge in [0.15, 0.2) is 5.78 Å². The van der Waals surface area contributed by atoms with Gasteiger partial charge in [-0.25, -0.2) is 9.59 Å². The molecule has 5 rings (SSSR count). The van der Waals surface area contributed by atoms with Crippen molar-refractivity contribution in [2.75, 3.05) is 11.9 Å². The second-order valence-electron chi connectivity index (χ2n) is 10.3. The molecule has 10 heteroatoms.